The third-order valence-corrected chi connectivity index (χ3v) is 5.29. The predicted octanol–water partition coefficient (Wildman–Crippen LogP) is 0.961. The fourth-order valence-corrected chi connectivity index (χ4v) is 3.52. The molecule has 3 aromatic carbocycles. The molecule has 0 atom stereocenters. The Hall–Kier alpha value is -4.34. The van der Waals surface area contributed by atoms with Gasteiger partial charge >= 0.3 is 0 Å². The molecule has 3 rings (SSSR count). The lowest BCUT2D eigenvalue weighted by Gasteiger charge is -2.18. The van der Waals surface area contributed by atoms with E-state index in [2.05, 4.69) is 0 Å². The molecule has 0 unspecified atom stereocenters. The number of nitrogens with two attached hydrogens (primary N) is 10. The second kappa shape index (κ2) is 7.24. The van der Waals surface area contributed by atoms with Crippen LogP contribution in [0.2, 0.25) is 0 Å². The number of hydrogen-bond acceptors (Lipinski definition) is 10. The fourth-order valence-electron chi connectivity index (χ4n) is 3.52. The molecule has 0 bridgehead atoms. The molecule has 0 saturated heterocycles. The van der Waals surface area contributed by atoms with Gasteiger partial charge in [-0.25, -0.2) is 0 Å². The van der Waals surface area contributed by atoms with Crippen LogP contribution in [0.5, 0.6) is 0 Å². The first-order chi connectivity index (χ1) is 14.0. The predicted molar refractivity (Wildman–Crippen MR) is 130 cm³/mol. The van der Waals surface area contributed by atoms with Gasteiger partial charge in [0.2, 0.25) is 0 Å². The molecule has 158 valence electrons. The van der Waals surface area contributed by atoms with Crippen molar-refractivity contribution in [2.45, 2.75) is 12.8 Å². The molecule has 20 N–H and O–H groups in total. The van der Waals surface area contributed by atoms with Gasteiger partial charge in [-0.1, -0.05) is 0 Å². The summed E-state index contributed by atoms with van der Waals surface area (Å²) < 4.78 is 0. The molecule has 3 aromatic rings. The maximum absolute atomic E-state index is 6.32. The van der Waals surface area contributed by atoms with Gasteiger partial charge in [0.1, 0.15) is 0 Å². The molecule has 0 amide bonds. The lowest BCUT2D eigenvalue weighted by atomic mass is 9.93. The maximum Gasteiger partial charge on any atom is 0.0785 e. The summed E-state index contributed by atoms with van der Waals surface area (Å²) in [4.78, 5) is 0. The zero-order chi connectivity index (χ0) is 22.3. The molecule has 0 aliphatic carbocycles. The van der Waals surface area contributed by atoms with Crippen LogP contribution in [0.4, 0.5) is 56.9 Å². The molecule has 0 fully saturated rings. The Balaban J connectivity index is 2.00. The Labute approximate surface area is 174 Å². The normalized spacial score (nSPS) is 10.9. The summed E-state index contributed by atoms with van der Waals surface area (Å²) in [7, 11) is 0. The van der Waals surface area contributed by atoms with Gasteiger partial charge in [-0.15, -0.1) is 0 Å². The molecule has 30 heavy (non-hydrogen) atoms. The summed E-state index contributed by atoms with van der Waals surface area (Å²) >= 11 is 0. The number of hydrogen-bond donors (Lipinski definition) is 10. The lowest BCUT2D eigenvalue weighted by molar-refractivity contribution is 0.970. The SMILES string of the molecule is Nc1cc(-c2c(N)cc(CCc3c(N)cc(N)c(N)c3N)c(N)c2N)cc(N)c1N. The van der Waals surface area contributed by atoms with Crippen LogP contribution in [-0.2, 0) is 12.8 Å². The molecular weight excluding hydrogens is 380 g/mol. The lowest BCUT2D eigenvalue weighted by Crippen LogP contribution is -2.10. The standard InChI is InChI=1S/C20H28N10/c21-10-6-14(25)19(29)17(27)9(10)2-1-7-3-11(22)15(20(30)16(7)26)8-4-12(23)18(28)13(24)5-8/h3-6H,1-2,21-30H2. The Kier molecular flexibility index (Phi) is 4.92. The Morgan fingerprint density at radius 3 is 1.60 bits per heavy atom. The van der Waals surface area contributed by atoms with E-state index in [0.717, 1.165) is 5.56 Å². The minimum absolute atomic E-state index is 0.304. The molecule has 0 radical (unpaired) electrons. The quantitative estimate of drug-likeness (QED) is 0.273. The number of rotatable bonds is 4. The first kappa shape index (κ1) is 20.4. The zero-order valence-corrected chi connectivity index (χ0v) is 16.5. The van der Waals surface area contributed by atoms with Gasteiger partial charge < -0.3 is 57.3 Å². The summed E-state index contributed by atoms with van der Waals surface area (Å²) in [6.07, 6.45) is 0.969. The van der Waals surface area contributed by atoms with E-state index < -0.39 is 0 Å². The first-order valence-electron chi connectivity index (χ1n) is 9.15. The molecule has 10 nitrogen and oxygen atoms in total. The number of benzene rings is 3. The molecule has 0 spiro atoms. The minimum Gasteiger partial charge on any atom is -0.398 e. The van der Waals surface area contributed by atoms with Crippen LogP contribution in [0.1, 0.15) is 11.1 Å². The van der Waals surface area contributed by atoms with E-state index in [1.54, 1.807) is 24.3 Å². The second-order valence-corrected chi connectivity index (χ2v) is 7.26. The van der Waals surface area contributed by atoms with Crippen molar-refractivity contribution >= 4 is 56.9 Å². The average Bonchev–Trinajstić information content (AvgIpc) is 2.67. The first-order valence-corrected chi connectivity index (χ1v) is 9.15. The highest BCUT2D eigenvalue weighted by molar-refractivity contribution is 5.97. The number of aryl methyl sites for hydroxylation is 1. The van der Waals surface area contributed by atoms with Crippen molar-refractivity contribution in [3.05, 3.63) is 35.4 Å². The second-order valence-electron chi connectivity index (χ2n) is 7.26. The van der Waals surface area contributed by atoms with Crippen LogP contribution in [0, 0.1) is 0 Å². The minimum atomic E-state index is 0.304. The van der Waals surface area contributed by atoms with Gasteiger partial charge in [0.15, 0.2) is 0 Å². The van der Waals surface area contributed by atoms with Crippen molar-refractivity contribution in [1.29, 1.82) is 0 Å². The van der Waals surface area contributed by atoms with E-state index in [0.29, 0.717) is 86.4 Å². The van der Waals surface area contributed by atoms with Crippen molar-refractivity contribution < 1.29 is 0 Å². The third kappa shape index (κ3) is 3.30. The third-order valence-electron chi connectivity index (χ3n) is 5.29. The van der Waals surface area contributed by atoms with Crippen molar-refractivity contribution in [2.75, 3.05) is 57.3 Å². The van der Waals surface area contributed by atoms with E-state index in [1.807, 2.05) is 0 Å². The van der Waals surface area contributed by atoms with Crippen molar-refractivity contribution in [1.82, 2.24) is 0 Å². The van der Waals surface area contributed by atoms with E-state index in [-0.39, 0.29) is 0 Å². The van der Waals surface area contributed by atoms with E-state index >= 15 is 0 Å². The van der Waals surface area contributed by atoms with Crippen LogP contribution in [-0.4, -0.2) is 0 Å². The average molecular weight is 409 g/mol. The fraction of sp³-hybridized carbons (Fsp3) is 0.100. The summed E-state index contributed by atoms with van der Waals surface area (Å²) in [6, 6.07) is 6.67. The summed E-state index contributed by atoms with van der Waals surface area (Å²) in [5.41, 5.74) is 66.7. The highest BCUT2D eigenvalue weighted by Gasteiger charge is 2.17. The molecule has 0 aromatic heterocycles. The maximum atomic E-state index is 6.32. The number of nitrogen functional groups attached to an aromatic ring is 10. The Bertz CT molecular complexity index is 1130. The number of anilines is 10. The van der Waals surface area contributed by atoms with E-state index in [9.17, 15) is 0 Å². The van der Waals surface area contributed by atoms with Gasteiger partial charge in [0.05, 0.1) is 45.5 Å². The van der Waals surface area contributed by atoms with Gasteiger partial charge in [-0.2, -0.15) is 0 Å². The van der Waals surface area contributed by atoms with Crippen LogP contribution >= 0.6 is 0 Å². The summed E-state index contributed by atoms with van der Waals surface area (Å²) in [6.45, 7) is 0. The van der Waals surface area contributed by atoms with Gasteiger partial charge in [0.25, 0.3) is 0 Å². The summed E-state index contributed by atoms with van der Waals surface area (Å²) in [5.74, 6) is 0. The zero-order valence-electron chi connectivity index (χ0n) is 16.5. The summed E-state index contributed by atoms with van der Waals surface area (Å²) in [5, 5.41) is 0. The molecule has 0 aliphatic heterocycles. The van der Waals surface area contributed by atoms with Crippen LogP contribution < -0.4 is 57.3 Å². The highest BCUT2D eigenvalue weighted by Crippen LogP contribution is 2.41. The van der Waals surface area contributed by atoms with Crippen molar-refractivity contribution in [3.8, 4) is 11.1 Å². The highest BCUT2D eigenvalue weighted by atomic mass is 14.8. The van der Waals surface area contributed by atoms with E-state index in [1.165, 1.54) is 0 Å². The molecular formula is C20H28N10. The van der Waals surface area contributed by atoms with Gasteiger partial charge in [-0.3, -0.25) is 0 Å². The Morgan fingerprint density at radius 2 is 1.00 bits per heavy atom. The van der Waals surface area contributed by atoms with Crippen LogP contribution in [0.25, 0.3) is 11.1 Å². The topological polar surface area (TPSA) is 260 Å². The van der Waals surface area contributed by atoms with Gasteiger partial charge in [0, 0.05) is 22.5 Å². The molecule has 10 heteroatoms. The molecule has 0 aliphatic rings. The van der Waals surface area contributed by atoms with Crippen LogP contribution in [0.3, 0.4) is 0 Å². The molecule has 0 saturated carbocycles. The van der Waals surface area contributed by atoms with E-state index in [4.69, 9.17) is 57.3 Å². The monoisotopic (exact) mass is 408 g/mol. The molecule has 0 heterocycles. The smallest absolute Gasteiger partial charge is 0.0785 e. The van der Waals surface area contributed by atoms with Crippen molar-refractivity contribution in [3.63, 3.8) is 0 Å². The van der Waals surface area contributed by atoms with Crippen molar-refractivity contribution in [2.24, 2.45) is 0 Å². The largest absolute Gasteiger partial charge is 0.398 e. The van der Waals surface area contributed by atoms with Gasteiger partial charge in [-0.05, 0) is 48.2 Å². The Morgan fingerprint density at radius 1 is 0.433 bits per heavy atom. The van der Waals surface area contributed by atoms with Crippen LogP contribution in [0.15, 0.2) is 24.3 Å².